The second-order valence-electron chi connectivity index (χ2n) is 6.88. The van der Waals surface area contributed by atoms with Gasteiger partial charge in [-0.2, -0.15) is 5.10 Å². The van der Waals surface area contributed by atoms with Crippen LogP contribution in [0.2, 0.25) is 0 Å². The Morgan fingerprint density at radius 3 is 2.50 bits per heavy atom. The fourth-order valence-corrected chi connectivity index (χ4v) is 3.06. The number of nitrogens with one attached hydrogen (secondary N) is 1. The lowest BCUT2D eigenvalue weighted by Gasteiger charge is -2.22. The molecule has 0 bridgehead atoms. The molecule has 0 saturated heterocycles. The van der Waals surface area contributed by atoms with E-state index in [4.69, 9.17) is 4.99 Å². The molecular formula is C22H28N6. The van der Waals surface area contributed by atoms with E-state index in [9.17, 15) is 0 Å². The topological polar surface area (TPSA) is 58.3 Å². The number of aliphatic imine (C=N–C) groups is 1. The van der Waals surface area contributed by atoms with Gasteiger partial charge in [-0.1, -0.05) is 36.4 Å². The Kier molecular flexibility index (Phi) is 6.42. The fraction of sp³-hybridized carbons (Fsp3) is 0.318. The highest BCUT2D eigenvalue weighted by Crippen LogP contribution is 2.11. The van der Waals surface area contributed by atoms with Gasteiger partial charge < -0.3 is 10.2 Å². The van der Waals surface area contributed by atoms with Crippen molar-refractivity contribution >= 4 is 5.96 Å². The molecule has 0 aliphatic heterocycles. The van der Waals surface area contributed by atoms with Crippen LogP contribution in [0.5, 0.6) is 0 Å². The fourth-order valence-electron chi connectivity index (χ4n) is 3.06. The molecule has 0 fully saturated rings. The Balaban J connectivity index is 1.69. The van der Waals surface area contributed by atoms with Gasteiger partial charge in [-0.15, -0.1) is 0 Å². The monoisotopic (exact) mass is 376 g/mol. The summed E-state index contributed by atoms with van der Waals surface area (Å²) in [5, 5.41) is 7.84. The van der Waals surface area contributed by atoms with Crippen molar-refractivity contribution in [3.05, 3.63) is 77.2 Å². The summed E-state index contributed by atoms with van der Waals surface area (Å²) >= 11 is 0. The van der Waals surface area contributed by atoms with Crippen molar-refractivity contribution in [2.45, 2.75) is 33.9 Å². The third kappa shape index (κ3) is 4.97. The first-order valence-corrected chi connectivity index (χ1v) is 9.58. The molecule has 0 saturated carbocycles. The Labute approximate surface area is 166 Å². The number of guanidine groups is 1. The summed E-state index contributed by atoms with van der Waals surface area (Å²) in [6.45, 7) is 8.31. The second-order valence-corrected chi connectivity index (χ2v) is 6.88. The van der Waals surface area contributed by atoms with Gasteiger partial charge in [0.15, 0.2) is 11.8 Å². The van der Waals surface area contributed by atoms with Crippen LogP contribution in [0.1, 0.15) is 29.4 Å². The molecule has 0 aliphatic rings. The van der Waals surface area contributed by atoms with Crippen LogP contribution in [0.25, 0.3) is 5.82 Å². The summed E-state index contributed by atoms with van der Waals surface area (Å²) in [5.74, 6) is 1.71. The highest BCUT2D eigenvalue weighted by Gasteiger charge is 2.07. The highest BCUT2D eigenvalue weighted by atomic mass is 15.3. The quantitative estimate of drug-likeness (QED) is 0.529. The Morgan fingerprint density at radius 1 is 1.11 bits per heavy atom. The minimum atomic E-state index is 0.575. The van der Waals surface area contributed by atoms with E-state index in [0.29, 0.717) is 6.54 Å². The van der Waals surface area contributed by atoms with Crippen LogP contribution < -0.4 is 5.32 Å². The van der Waals surface area contributed by atoms with Crippen LogP contribution >= 0.6 is 0 Å². The molecule has 6 heteroatoms. The molecule has 1 N–H and O–H groups in total. The van der Waals surface area contributed by atoms with Crippen LogP contribution in [0.3, 0.4) is 0 Å². The van der Waals surface area contributed by atoms with E-state index in [1.165, 1.54) is 5.56 Å². The molecule has 0 aliphatic carbocycles. The molecule has 0 spiro atoms. The predicted octanol–water partition coefficient (Wildman–Crippen LogP) is 3.48. The summed E-state index contributed by atoms with van der Waals surface area (Å²) in [6.07, 6.45) is 1.87. The number of aryl methyl sites for hydroxylation is 2. The smallest absolute Gasteiger partial charge is 0.194 e. The largest absolute Gasteiger partial charge is 0.357 e. The van der Waals surface area contributed by atoms with Crippen LogP contribution in [-0.4, -0.2) is 39.2 Å². The number of nitrogens with zero attached hydrogens (tertiary/aromatic N) is 5. The molecule has 0 unspecified atom stereocenters. The van der Waals surface area contributed by atoms with Crippen LogP contribution in [0.15, 0.2) is 59.7 Å². The van der Waals surface area contributed by atoms with Gasteiger partial charge in [0, 0.05) is 32.0 Å². The maximum absolute atomic E-state index is 4.77. The SMILES string of the molecule is CCNC(=NCc1ccc(-n2nc(C)cc2C)nc1)N(C)Cc1ccccc1. The summed E-state index contributed by atoms with van der Waals surface area (Å²) in [7, 11) is 2.05. The van der Waals surface area contributed by atoms with E-state index in [1.807, 2.05) is 42.9 Å². The van der Waals surface area contributed by atoms with Gasteiger partial charge in [0.2, 0.25) is 0 Å². The van der Waals surface area contributed by atoms with E-state index < -0.39 is 0 Å². The van der Waals surface area contributed by atoms with Crippen molar-refractivity contribution < 1.29 is 0 Å². The molecule has 2 heterocycles. The third-order valence-electron chi connectivity index (χ3n) is 4.41. The number of benzene rings is 1. The number of aromatic nitrogens is 3. The lowest BCUT2D eigenvalue weighted by Crippen LogP contribution is -2.38. The summed E-state index contributed by atoms with van der Waals surface area (Å²) < 4.78 is 1.86. The van der Waals surface area contributed by atoms with Crippen molar-refractivity contribution in [3.8, 4) is 5.82 Å². The number of rotatable bonds is 6. The molecule has 146 valence electrons. The molecular weight excluding hydrogens is 348 g/mol. The van der Waals surface area contributed by atoms with Crippen molar-refractivity contribution in [1.82, 2.24) is 25.0 Å². The number of hydrogen-bond acceptors (Lipinski definition) is 3. The van der Waals surface area contributed by atoms with Crippen molar-refractivity contribution in [2.24, 2.45) is 4.99 Å². The van der Waals surface area contributed by atoms with E-state index >= 15 is 0 Å². The van der Waals surface area contributed by atoms with E-state index in [0.717, 1.165) is 41.8 Å². The van der Waals surface area contributed by atoms with Crippen molar-refractivity contribution in [2.75, 3.05) is 13.6 Å². The lowest BCUT2D eigenvalue weighted by atomic mass is 10.2. The van der Waals surface area contributed by atoms with Gasteiger partial charge in [0.25, 0.3) is 0 Å². The minimum absolute atomic E-state index is 0.575. The molecule has 0 radical (unpaired) electrons. The molecule has 0 amide bonds. The van der Waals surface area contributed by atoms with E-state index in [1.54, 1.807) is 0 Å². The first-order chi connectivity index (χ1) is 13.6. The standard InChI is InChI=1S/C22H28N6/c1-5-23-22(27(4)16-19-9-7-6-8-10-19)25-15-20-11-12-21(24-14-20)28-18(3)13-17(2)26-28/h6-14H,5,15-16H2,1-4H3,(H,23,25). The summed E-state index contributed by atoms with van der Waals surface area (Å²) in [6, 6.07) is 16.5. The van der Waals surface area contributed by atoms with Gasteiger partial charge in [-0.05, 0) is 44.0 Å². The normalized spacial score (nSPS) is 11.5. The summed E-state index contributed by atoms with van der Waals surface area (Å²) in [4.78, 5) is 11.5. The maximum atomic E-state index is 4.77. The molecule has 1 aromatic carbocycles. The van der Waals surface area contributed by atoms with E-state index in [-0.39, 0.29) is 0 Å². The molecule has 28 heavy (non-hydrogen) atoms. The maximum Gasteiger partial charge on any atom is 0.194 e. The Bertz CT molecular complexity index is 912. The van der Waals surface area contributed by atoms with Gasteiger partial charge in [0.1, 0.15) is 0 Å². The number of pyridine rings is 1. The Morgan fingerprint density at radius 2 is 1.89 bits per heavy atom. The molecule has 6 nitrogen and oxygen atoms in total. The molecule has 3 rings (SSSR count). The van der Waals surface area contributed by atoms with Gasteiger partial charge in [-0.3, -0.25) is 0 Å². The molecule has 2 aromatic heterocycles. The van der Waals surface area contributed by atoms with E-state index in [2.05, 4.69) is 64.6 Å². The molecule has 3 aromatic rings. The predicted molar refractivity (Wildman–Crippen MR) is 114 cm³/mol. The first kappa shape index (κ1) is 19.6. The Hall–Kier alpha value is -3.15. The zero-order chi connectivity index (χ0) is 19.9. The van der Waals surface area contributed by atoms with Crippen molar-refractivity contribution in [3.63, 3.8) is 0 Å². The third-order valence-corrected chi connectivity index (χ3v) is 4.41. The van der Waals surface area contributed by atoms with Crippen molar-refractivity contribution in [1.29, 1.82) is 0 Å². The summed E-state index contributed by atoms with van der Waals surface area (Å²) in [5.41, 5.74) is 4.39. The van der Waals surface area contributed by atoms with Crippen LogP contribution in [0.4, 0.5) is 0 Å². The highest BCUT2D eigenvalue weighted by molar-refractivity contribution is 5.79. The van der Waals surface area contributed by atoms with Gasteiger partial charge in [-0.25, -0.2) is 14.7 Å². The zero-order valence-corrected chi connectivity index (χ0v) is 17.1. The number of hydrogen-bond donors (Lipinski definition) is 1. The second kappa shape index (κ2) is 9.17. The van der Waals surface area contributed by atoms with Gasteiger partial charge in [0.05, 0.1) is 12.2 Å². The zero-order valence-electron chi connectivity index (χ0n) is 17.1. The average Bonchev–Trinajstić information content (AvgIpc) is 3.04. The van der Waals surface area contributed by atoms with Crippen LogP contribution in [0, 0.1) is 13.8 Å². The molecule has 0 atom stereocenters. The van der Waals surface area contributed by atoms with Crippen LogP contribution in [-0.2, 0) is 13.1 Å². The van der Waals surface area contributed by atoms with Gasteiger partial charge >= 0.3 is 0 Å². The first-order valence-electron chi connectivity index (χ1n) is 9.58. The average molecular weight is 377 g/mol. The lowest BCUT2D eigenvalue weighted by molar-refractivity contribution is 0.477. The minimum Gasteiger partial charge on any atom is -0.357 e.